The Balaban J connectivity index is 1.83. The summed E-state index contributed by atoms with van der Waals surface area (Å²) in [4.78, 5) is 24.2. The summed E-state index contributed by atoms with van der Waals surface area (Å²) >= 11 is 0. The molecule has 0 radical (unpaired) electrons. The Labute approximate surface area is 129 Å². The quantitative estimate of drug-likeness (QED) is 0.895. The molecule has 0 atom stereocenters. The second kappa shape index (κ2) is 5.64. The smallest absolute Gasteiger partial charge is 0.255 e. The number of amides is 2. The topological polar surface area (TPSA) is 58.2 Å². The molecule has 2 N–H and O–H groups in total. The minimum absolute atomic E-state index is 0.0801. The number of hydrogen-bond donors (Lipinski definition) is 2. The molecule has 3 rings (SSSR count). The van der Waals surface area contributed by atoms with Crippen LogP contribution in [0.2, 0.25) is 0 Å². The van der Waals surface area contributed by atoms with Crippen molar-refractivity contribution in [1.29, 1.82) is 0 Å². The van der Waals surface area contributed by atoms with Crippen molar-refractivity contribution >= 4 is 17.5 Å². The van der Waals surface area contributed by atoms with Gasteiger partial charge in [0.25, 0.3) is 11.8 Å². The summed E-state index contributed by atoms with van der Waals surface area (Å²) in [5.74, 6) is -0.247. The van der Waals surface area contributed by atoms with Crippen molar-refractivity contribution in [2.24, 2.45) is 0 Å². The van der Waals surface area contributed by atoms with E-state index in [4.69, 9.17) is 0 Å². The molecular weight excluding hydrogens is 276 g/mol. The average Bonchev–Trinajstić information content (AvgIpc) is 2.51. The van der Waals surface area contributed by atoms with Crippen molar-refractivity contribution in [2.45, 2.75) is 20.3 Å². The monoisotopic (exact) mass is 294 g/mol. The van der Waals surface area contributed by atoms with Crippen molar-refractivity contribution in [2.75, 3.05) is 11.9 Å². The molecular formula is C18H18N2O2. The molecule has 1 aliphatic rings. The van der Waals surface area contributed by atoms with Crippen molar-refractivity contribution < 1.29 is 9.59 Å². The highest BCUT2D eigenvalue weighted by Crippen LogP contribution is 2.20. The van der Waals surface area contributed by atoms with Gasteiger partial charge in [0.15, 0.2) is 0 Å². The third-order valence-corrected chi connectivity index (χ3v) is 4.06. The van der Waals surface area contributed by atoms with Crippen LogP contribution in [0.15, 0.2) is 36.4 Å². The SMILES string of the molecule is Cc1ccc(C(=O)Nc2ccc3c(c2)C(=O)NCC3)cc1C. The Bertz CT molecular complexity index is 766. The van der Waals surface area contributed by atoms with Crippen LogP contribution in [0, 0.1) is 13.8 Å². The van der Waals surface area contributed by atoms with Gasteiger partial charge in [0, 0.05) is 23.4 Å². The molecule has 0 saturated carbocycles. The molecule has 0 bridgehead atoms. The molecule has 0 unspecified atom stereocenters. The predicted molar refractivity (Wildman–Crippen MR) is 86.3 cm³/mol. The lowest BCUT2D eigenvalue weighted by Crippen LogP contribution is -2.31. The largest absolute Gasteiger partial charge is 0.352 e. The van der Waals surface area contributed by atoms with Gasteiger partial charge < -0.3 is 10.6 Å². The number of aryl methyl sites for hydroxylation is 2. The first kappa shape index (κ1) is 14.3. The molecule has 0 aliphatic carbocycles. The lowest BCUT2D eigenvalue weighted by Gasteiger charge is -2.17. The zero-order valence-corrected chi connectivity index (χ0v) is 12.7. The second-order valence-electron chi connectivity index (χ2n) is 5.63. The van der Waals surface area contributed by atoms with Crippen LogP contribution in [0.3, 0.4) is 0 Å². The van der Waals surface area contributed by atoms with Gasteiger partial charge in [-0.2, -0.15) is 0 Å². The minimum Gasteiger partial charge on any atom is -0.352 e. The second-order valence-corrected chi connectivity index (χ2v) is 5.63. The number of hydrogen-bond acceptors (Lipinski definition) is 2. The molecule has 1 aliphatic heterocycles. The van der Waals surface area contributed by atoms with Gasteiger partial charge in [0.05, 0.1) is 0 Å². The first-order valence-electron chi connectivity index (χ1n) is 7.34. The van der Waals surface area contributed by atoms with Crippen molar-refractivity contribution in [3.63, 3.8) is 0 Å². The zero-order valence-electron chi connectivity index (χ0n) is 12.7. The summed E-state index contributed by atoms with van der Waals surface area (Å²) in [5.41, 5.74) is 5.15. The van der Waals surface area contributed by atoms with Crippen molar-refractivity contribution in [1.82, 2.24) is 5.32 Å². The van der Waals surface area contributed by atoms with E-state index in [1.165, 1.54) is 0 Å². The first-order valence-corrected chi connectivity index (χ1v) is 7.34. The Hall–Kier alpha value is -2.62. The summed E-state index contributed by atoms with van der Waals surface area (Å²) in [7, 11) is 0. The lowest BCUT2D eigenvalue weighted by atomic mass is 9.99. The van der Waals surface area contributed by atoms with E-state index < -0.39 is 0 Å². The Morgan fingerprint density at radius 2 is 1.91 bits per heavy atom. The third-order valence-electron chi connectivity index (χ3n) is 4.06. The lowest BCUT2D eigenvalue weighted by molar-refractivity contribution is 0.0944. The summed E-state index contributed by atoms with van der Waals surface area (Å²) in [5, 5.41) is 5.67. The normalized spacial score (nSPS) is 13.3. The molecule has 1 heterocycles. The fourth-order valence-electron chi connectivity index (χ4n) is 2.58. The maximum absolute atomic E-state index is 12.3. The van der Waals surface area contributed by atoms with Crippen molar-refractivity contribution in [3.8, 4) is 0 Å². The van der Waals surface area contributed by atoms with Gasteiger partial charge in [0.1, 0.15) is 0 Å². The molecule has 112 valence electrons. The Kier molecular flexibility index (Phi) is 3.67. The van der Waals surface area contributed by atoms with Crippen LogP contribution in [-0.4, -0.2) is 18.4 Å². The number of nitrogens with one attached hydrogen (secondary N) is 2. The molecule has 0 aromatic heterocycles. The molecule has 0 spiro atoms. The van der Waals surface area contributed by atoms with Crippen LogP contribution in [0.25, 0.3) is 0 Å². The summed E-state index contributed by atoms with van der Waals surface area (Å²) in [6, 6.07) is 11.1. The Morgan fingerprint density at radius 1 is 1.09 bits per heavy atom. The van der Waals surface area contributed by atoms with Gasteiger partial charge >= 0.3 is 0 Å². The van der Waals surface area contributed by atoms with Gasteiger partial charge in [-0.25, -0.2) is 0 Å². The van der Waals surface area contributed by atoms with Crippen LogP contribution in [-0.2, 0) is 6.42 Å². The number of carbonyl (C=O) groups is 2. The van der Waals surface area contributed by atoms with E-state index in [0.29, 0.717) is 23.4 Å². The van der Waals surface area contributed by atoms with Crippen LogP contribution in [0.4, 0.5) is 5.69 Å². The molecule has 2 aromatic rings. The van der Waals surface area contributed by atoms with Gasteiger partial charge in [-0.15, -0.1) is 0 Å². The van der Waals surface area contributed by atoms with Crippen molar-refractivity contribution in [3.05, 3.63) is 64.2 Å². The van der Waals surface area contributed by atoms with Crippen LogP contribution in [0.1, 0.15) is 37.4 Å². The van der Waals surface area contributed by atoms with Gasteiger partial charge in [-0.3, -0.25) is 9.59 Å². The van der Waals surface area contributed by atoms with Crippen LogP contribution < -0.4 is 10.6 Å². The van der Waals surface area contributed by atoms with E-state index in [2.05, 4.69) is 10.6 Å². The predicted octanol–water partition coefficient (Wildman–Crippen LogP) is 2.84. The molecule has 0 saturated heterocycles. The third kappa shape index (κ3) is 2.72. The van der Waals surface area contributed by atoms with E-state index in [9.17, 15) is 9.59 Å². The van der Waals surface area contributed by atoms with E-state index in [1.807, 2.05) is 44.2 Å². The number of rotatable bonds is 2. The molecule has 4 nitrogen and oxygen atoms in total. The molecule has 22 heavy (non-hydrogen) atoms. The number of carbonyl (C=O) groups excluding carboxylic acids is 2. The van der Waals surface area contributed by atoms with Gasteiger partial charge in [-0.1, -0.05) is 12.1 Å². The van der Waals surface area contributed by atoms with Crippen LogP contribution >= 0.6 is 0 Å². The highest BCUT2D eigenvalue weighted by atomic mass is 16.2. The maximum Gasteiger partial charge on any atom is 0.255 e. The zero-order chi connectivity index (χ0) is 15.7. The average molecular weight is 294 g/mol. The minimum atomic E-state index is -0.167. The maximum atomic E-state index is 12.3. The first-order chi connectivity index (χ1) is 10.5. The fourth-order valence-corrected chi connectivity index (χ4v) is 2.58. The van der Waals surface area contributed by atoms with E-state index in [-0.39, 0.29) is 11.8 Å². The van der Waals surface area contributed by atoms with Gasteiger partial charge in [0.2, 0.25) is 0 Å². The highest BCUT2D eigenvalue weighted by molar-refractivity contribution is 6.05. The molecule has 2 aromatic carbocycles. The van der Waals surface area contributed by atoms with E-state index in [0.717, 1.165) is 23.1 Å². The summed E-state index contributed by atoms with van der Waals surface area (Å²) in [6.07, 6.45) is 0.826. The summed E-state index contributed by atoms with van der Waals surface area (Å²) in [6.45, 7) is 4.66. The number of benzene rings is 2. The number of anilines is 1. The fraction of sp³-hybridized carbons (Fsp3) is 0.222. The van der Waals surface area contributed by atoms with E-state index in [1.54, 1.807) is 6.07 Å². The molecule has 4 heteroatoms. The highest BCUT2D eigenvalue weighted by Gasteiger charge is 2.17. The number of fused-ring (bicyclic) bond motifs is 1. The Morgan fingerprint density at radius 3 is 2.68 bits per heavy atom. The van der Waals surface area contributed by atoms with E-state index >= 15 is 0 Å². The standard InChI is InChI=1S/C18H18N2O2/c1-11-3-4-14(9-12(11)2)17(21)20-15-6-5-13-7-8-19-18(22)16(13)10-15/h3-6,9-10H,7-8H2,1-2H3,(H,19,22)(H,20,21). The molecule has 0 fully saturated rings. The summed E-state index contributed by atoms with van der Waals surface area (Å²) < 4.78 is 0. The molecule has 2 amide bonds. The van der Waals surface area contributed by atoms with Crippen LogP contribution in [0.5, 0.6) is 0 Å². The van der Waals surface area contributed by atoms with Gasteiger partial charge in [-0.05, 0) is 61.2 Å².